The van der Waals surface area contributed by atoms with Gasteiger partial charge in [-0.15, -0.1) is 0 Å². The van der Waals surface area contributed by atoms with E-state index in [1.54, 1.807) is 29.1 Å². The molecular weight excluding hydrogens is 352 g/mol. The first kappa shape index (κ1) is 17.1. The van der Waals surface area contributed by atoms with E-state index >= 15 is 0 Å². The molecule has 26 heavy (non-hydrogen) atoms. The lowest BCUT2D eigenvalue weighted by molar-refractivity contribution is -0.121. The molecule has 3 aromatic rings. The topological polar surface area (TPSA) is 63.3 Å². The average molecular weight is 373 g/mol. The zero-order chi connectivity index (χ0) is 18.3. The third kappa shape index (κ3) is 3.10. The molecule has 1 saturated heterocycles. The molecule has 4 rings (SSSR count). The van der Waals surface area contributed by atoms with E-state index in [-0.39, 0.29) is 17.7 Å². The Labute approximate surface area is 156 Å². The number of nitrogens with zero attached hydrogens (tertiary/aromatic N) is 3. The van der Waals surface area contributed by atoms with Crippen molar-refractivity contribution in [2.24, 2.45) is 13.0 Å². The molecule has 1 fully saturated rings. The number of likely N-dealkylation sites (N-methyl/N-ethyl adjacent to an activating group) is 1. The number of furan rings is 1. The summed E-state index contributed by atoms with van der Waals surface area (Å²) in [5, 5.41) is 8.74. The maximum absolute atomic E-state index is 13.1. The van der Waals surface area contributed by atoms with Gasteiger partial charge in [-0.1, -0.05) is 11.6 Å². The number of aryl methyl sites for hydroxylation is 1. The number of aromatic nitrogens is 2. The number of hydrogen-bond donors (Lipinski definition) is 1. The van der Waals surface area contributed by atoms with E-state index in [9.17, 15) is 4.79 Å². The molecule has 3 heterocycles. The van der Waals surface area contributed by atoms with E-state index < -0.39 is 0 Å². The molecule has 136 valence electrons. The number of piperidine rings is 1. The Morgan fingerprint density at radius 1 is 1.35 bits per heavy atom. The normalized spacial score (nSPS) is 21.2. The van der Waals surface area contributed by atoms with Crippen LogP contribution in [0.5, 0.6) is 0 Å². The van der Waals surface area contributed by atoms with Crippen molar-refractivity contribution >= 4 is 34.2 Å². The number of carbonyl (C=O) groups is 1. The lowest BCUT2D eigenvalue weighted by atomic mass is 9.81. The van der Waals surface area contributed by atoms with Gasteiger partial charge >= 0.3 is 0 Å². The van der Waals surface area contributed by atoms with E-state index in [1.807, 2.05) is 19.4 Å². The molecule has 0 spiro atoms. The number of rotatable bonds is 3. The first-order valence-electron chi connectivity index (χ1n) is 8.66. The quantitative estimate of drug-likeness (QED) is 0.764. The molecule has 1 N–H and O–H groups in total. The number of nitrogens with one attached hydrogen (secondary N) is 1. The van der Waals surface area contributed by atoms with Crippen LogP contribution in [0.4, 0.5) is 5.69 Å². The number of likely N-dealkylation sites (tertiary alicyclic amines) is 1. The second-order valence-electron chi connectivity index (χ2n) is 6.96. The number of benzene rings is 1. The highest BCUT2D eigenvalue weighted by molar-refractivity contribution is 6.35. The van der Waals surface area contributed by atoms with Gasteiger partial charge in [0.25, 0.3) is 0 Å². The molecule has 1 aromatic carbocycles. The van der Waals surface area contributed by atoms with Crippen LogP contribution in [0.3, 0.4) is 0 Å². The number of amides is 1. The fourth-order valence-electron chi connectivity index (χ4n) is 3.75. The number of hydrogen-bond acceptors (Lipinski definition) is 4. The summed E-state index contributed by atoms with van der Waals surface area (Å²) in [5.41, 5.74) is 2.36. The Balaban J connectivity index is 1.61. The Kier molecular flexibility index (Phi) is 4.46. The van der Waals surface area contributed by atoms with Crippen molar-refractivity contribution in [1.82, 2.24) is 14.7 Å². The number of fused-ring (bicyclic) bond motifs is 1. The van der Waals surface area contributed by atoms with Gasteiger partial charge < -0.3 is 14.6 Å². The maximum Gasteiger partial charge on any atom is 0.228 e. The van der Waals surface area contributed by atoms with Crippen LogP contribution in [0.1, 0.15) is 17.9 Å². The fourth-order valence-corrected chi connectivity index (χ4v) is 3.96. The van der Waals surface area contributed by atoms with Gasteiger partial charge in [-0.25, -0.2) is 0 Å². The Morgan fingerprint density at radius 3 is 2.96 bits per heavy atom. The van der Waals surface area contributed by atoms with Gasteiger partial charge in [-0.2, -0.15) is 5.10 Å². The van der Waals surface area contributed by atoms with Gasteiger partial charge in [0, 0.05) is 37.0 Å². The first-order valence-corrected chi connectivity index (χ1v) is 9.04. The predicted molar refractivity (Wildman–Crippen MR) is 101 cm³/mol. The highest BCUT2D eigenvalue weighted by Crippen LogP contribution is 2.35. The van der Waals surface area contributed by atoms with Crippen LogP contribution >= 0.6 is 11.6 Å². The lowest BCUT2D eigenvalue weighted by Crippen LogP contribution is -2.41. The smallest absolute Gasteiger partial charge is 0.228 e. The highest BCUT2D eigenvalue weighted by atomic mass is 35.5. The SMILES string of the molecule is CN1CCC(C(=O)Nc2ccc(Cl)c3ccoc23)C(c2cnn(C)c2)C1. The Hall–Kier alpha value is -2.31. The second-order valence-corrected chi connectivity index (χ2v) is 7.37. The third-order valence-electron chi connectivity index (χ3n) is 5.13. The minimum atomic E-state index is -0.115. The van der Waals surface area contributed by atoms with Crippen molar-refractivity contribution < 1.29 is 9.21 Å². The van der Waals surface area contributed by atoms with Crippen molar-refractivity contribution in [3.8, 4) is 0 Å². The van der Waals surface area contributed by atoms with Gasteiger partial charge in [-0.05, 0) is 43.8 Å². The maximum atomic E-state index is 13.1. The summed E-state index contributed by atoms with van der Waals surface area (Å²) in [6.07, 6.45) is 6.24. The van der Waals surface area contributed by atoms with Crippen LogP contribution < -0.4 is 5.32 Å². The van der Waals surface area contributed by atoms with Gasteiger partial charge in [0.05, 0.1) is 23.2 Å². The summed E-state index contributed by atoms with van der Waals surface area (Å²) in [7, 11) is 3.98. The number of carbonyl (C=O) groups excluding carboxylic acids is 1. The molecule has 0 aliphatic carbocycles. The van der Waals surface area contributed by atoms with Crippen LogP contribution in [-0.2, 0) is 11.8 Å². The van der Waals surface area contributed by atoms with Crippen molar-refractivity contribution in [3.63, 3.8) is 0 Å². The van der Waals surface area contributed by atoms with Crippen molar-refractivity contribution in [1.29, 1.82) is 0 Å². The highest BCUT2D eigenvalue weighted by Gasteiger charge is 2.35. The van der Waals surface area contributed by atoms with Gasteiger partial charge in [0.1, 0.15) is 0 Å². The second kappa shape index (κ2) is 6.78. The molecular formula is C19H21ClN4O2. The van der Waals surface area contributed by atoms with Crippen LogP contribution in [0.25, 0.3) is 11.0 Å². The Morgan fingerprint density at radius 2 is 2.19 bits per heavy atom. The molecule has 1 amide bonds. The molecule has 0 radical (unpaired) electrons. The summed E-state index contributed by atoms with van der Waals surface area (Å²) in [6, 6.07) is 5.38. The molecule has 2 unspecified atom stereocenters. The predicted octanol–water partition coefficient (Wildman–Crippen LogP) is 3.49. The van der Waals surface area contributed by atoms with Crippen molar-refractivity contribution in [3.05, 3.63) is 47.4 Å². The van der Waals surface area contributed by atoms with Gasteiger partial charge in [0.15, 0.2) is 5.58 Å². The molecule has 6 nitrogen and oxygen atoms in total. The first-order chi connectivity index (χ1) is 12.5. The standard InChI is InChI=1S/C19H21ClN4O2/c1-23-7-5-13(15(11-23)12-9-21-24(2)10-12)19(25)22-17-4-3-16(20)14-6-8-26-18(14)17/h3-4,6,8-10,13,15H,5,7,11H2,1-2H3,(H,22,25). The minimum absolute atomic E-state index is 0.00646. The van der Waals surface area contributed by atoms with Crippen LogP contribution in [0, 0.1) is 5.92 Å². The van der Waals surface area contributed by atoms with Crippen LogP contribution in [-0.4, -0.2) is 40.7 Å². The van der Waals surface area contributed by atoms with Crippen molar-refractivity contribution in [2.75, 3.05) is 25.5 Å². The summed E-state index contributed by atoms with van der Waals surface area (Å²) in [6.45, 7) is 1.73. The molecule has 1 aliphatic rings. The third-order valence-corrected chi connectivity index (χ3v) is 5.46. The van der Waals surface area contributed by atoms with E-state index in [4.69, 9.17) is 16.0 Å². The lowest BCUT2D eigenvalue weighted by Gasteiger charge is -2.35. The van der Waals surface area contributed by atoms with Crippen LogP contribution in [0.2, 0.25) is 5.02 Å². The molecule has 0 bridgehead atoms. The monoisotopic (exact) mass is 372 g/mol. The zero-order valence-electron chi connectivity index (χ0n) is 14.8. The molecule has 0 saturated carbocycles. The van der Waals surface area contributed by atoms with Crippen LogP contribution in [0.15, 0.2) is 41.3 Å². The van der Waals surface area contributed by atoms with E-state index in [1.165, 1.54) is 0 Å². The van der Waals surface area contributed by atoms with E-state index in [2.05, 4.69) is 22.4 Å². The summed E-state index contributed by atoms with van der Waals surface area (Å²) < 4.78 is 7.31. The largest absolute Gasteiger partial charge is 0.462 e. The minimum Gasteiger partial charge on any atom is -0.462 e. The van der Waals surface area contributed by atoms with E-state index in [0.29, 0.717) is 16.3 Å². The summed E-state index contributed by atoms with van der Waals surface area (Å²) in [4.78, 5) is 15.3. The molecule has 2 atom stereocenters. The Bertz CT molecular complexity index is 948. The van der Waals surface area contributed by atoms with Crippen molar-refractivity contribution in [2.45, 2.75) is 12.3 Å². The zero-order valence-corrected chi connectivity index (χ0v) is 15.5. The van der Waals surface area contributed by atoms with Gasteiger partial charge in [0.2, 0.25) is 5.91 Å². The summed E-state index contributed by atoms with van der Waals surface area (Å²) >= 11 is 6.19. The van der Waals surface area contributed by atoms with E-state index in [0.717, 1.165) is 30.5 Å². The molecule has 1 aliphatic heterocycles. The summed E-state index contributed by atoms with van der Waals surface area (Å²) in [5.74, 6) is 0.00454. The molecule has 2 aromatic heterocycles. The number of halogens is 1. The average Bonchev–Trinajstić information content (AvgIpc) is 3.27. The number of anilines is 1. The molecule has 7 heteroatoms. The fraction of sp³-hybridized carbons (Fsp3) is 0.368. The van der Waals surface area contributed by atoms with Gasteiger partial charge in [-0.3, -0.25) is 9.48 Å².